The lowest BCUT2D eigenvalue weighted by Gasteiger charge is -2.37. The Balaban J connectivity index is 1.91. The van der Waals surface area contributed by atoms with Gasteiger partial charge in [-0.15, -0.1) is 0 Å². The van der Waals surface area contributed by atoms with Gasteiger partial charge in [-0.1, -0.05) is 32.0 Å². The topological polar surface area (TPSA) is 52.6 Å². The Morgan fingerprint density at radius 2 is 2.00 bits per heavy atom. The minimum Gasteiger partial charge on any atom is -0.389 e. The van der Waals surface area contributed by atoms with Crippen LogP contribution in [0.25, 0.3) is 0 Å². The summed E-state index contributed by atoms with van der Waals surface area (Å²) >= 11 is 0. The highest BCUT2D eigenvalue weighted by atomic mass is 16.3. The number of hydrogen-bond donors (Lipinski definition) is 2. The number of para-hydroxylation sites is 1. The van der Waals surface area contributed by atoms with Gasteiger partial charge in [-0.05, 0) is 44.4 Å². The fourth-order valence-corrected chi connectivity index (χ4v) is 3.07. The van der Waals surface area contributed by atoms with Gasteiger partial charge in [-0.25, -0.2) is 0 Å². The van der Waals surface area contributed by atoms with E-state index in [2.05, 4.69) is 10.2 Å². The van der Waals surface area contributed by atoms with E-state index < -0.39 is 5.60 Å². The molecule has 1 unspecified atom stereocenters. The maximum absolute atomic E-state index is 12.4. The first-order valence-electron chi connectivity index (χ1n) is 8.37. The van der Waals surface area contributed by atoms with Gasteiger partial charge in [0.25, 0.3) is 0 Å². The quantitative estimate of drug-likeness (QED) is 0.849. The molecule has 0 aromatic heterocycles. The number of amides is 1. The monoisotopic (exact) mass is 304 g/mol. The summed E-state index contributed by atoms with van der Waals surface area (Å²) in [4.78, 5) is 14.7. The lowest BCUT2D eigenvalue weighted by molar-refractivity contribution is -0.122. The zero-order chi connectivity index (χ0) is 16.0. The van der Waals surface area contributed by atoms with Crippen molar-refractivity contribution in [2.24, 2.45) is 5.92 Å². The molecule has 1 aliphatic rings. The Morgan fingerprint density at radius 3 is 2.64 bits per heavy atom. The van der Waals surface area contributed by atoms with Crippen molar-refractivity contribution in [3.05, 3.63) is 30.3 Å². The number of likely N-dealkylation sites (tertiary alicyclic amines) is 1. The lowest BCUT2D eigenvalue weighted by atomic mass is 9.92. The largest absolute Gasteiger partial charge is 0.389 e. The summed E-state index contributed by atoms with van der Waals surface area (Å²) in [5.41, 5.74) is 0.223. The molecule has 4 heteroatoms. The van der Waals surface area contributed by atoms with Gasteiger partial charge in [0.15, 0.2) is 0 Å². The van der Waals surface area contributed by atoms with Crippen LogP contribution in [0.1, 0.15) is 39.5 Å². The Labute approximate surface area is 133 Å². The van der Waals surface area contributed by atoms with Gasteiger partial charge in [0.05, 0.1) is 11.5 Å². The summed E-state index contributed by atoms with van der Waals surface area (Å²) in [7, 11) is 0. The van der Waals surface area contributed by atoms with E-state index in [0.29, 0.717) is 6.54 Å². The Bertz CT molecular complexity index is 471. The molecule has 4 nitrogen and oxygen atoms in total. The summed E-state index contributed by atoms with van der Waals surface area (Å²) in [6.45, 7) is 6.41. The van der Waals surface area contributed by atoms with E-state index in [0.717, 1.165) is 44.5 Å². The van der Waals surface area contributed by atoms with Crippen LogP contribution in [0.15, 0.2) is 30.3 Å². The number of aliphatic hydroxyl groups is 1. The molecule has 2 N–H and O–H groups in total. The molecule has 0 bridgehead atoms. The normalized spacial score (nSPS) is 19.9. The first-order valence-corrected chi connectivity index (χ1v) is 8.37. The van der Waals surface area contributed by atoms with Crippen molar-refractivity contribution in [3.63, 3.8) is 0 Å². The second-order valence-corrected chi connectivity index (χ2v) is 6.36. The van der Waals surface area contributed by atoms with Crippen LogP contribution < -0.4 is 5.32 Å². The fourth-order valence-electron chi connectivity index (χ4n) is 3.07. The molecule has 2 rings (SSSR count). The minimum absolute atomic E-state index is 0.00641. The molecule has 122 valence electrons. The van der Waals surface area contributed by atoms with Crippen molar-refractivity contribution in [1.82, 2.24) is 4.90 Å². The highest BCUT2D eigenvalue weighted by molar-refractivity contribution is 5.92. The molecule has 1 amide bonds. The zero-order valence-corrected chi connectivity index (χ0v) is 13.7. The van der Waals surface area contributed by atoms with Crippen LogP contribution in [-0.2, 0) is 4.79 Å². The molecule has 0 radical (unpaired) electrons. The molecule has 1 heterocycles. The van der Waals surface area contributed by atoms with Gasteiger partial charge in [-0.2, -0.15) is 0 Å². The summed E-state index contributed by atoms with van der Waals surface area (Å²) in [6.07, 6.45) is 3.43. The average molecular weight is 304 g/mol. The van der Waals surface area contributed by atoms with E-state index in [-0.39, 0.29) is 11.8 Å². The number of carbonyl (C=O) groups is 1. The smallest absolute Gasteiger partial charge is 0.228 e. The molecule has 1 aliphatic heterocycles. The standard InChI is InChI=1S/C18H28N2O2/c1-3-18(22,4-2)14-20-12-8-9-15(13-20)17(21)19-16-10-6-5-7-11-16/h5-7,10-11,15,22H,3-4,8-9,12-14H2,1-2H3,(H,19,21). The summed E-state index contributed by atoms with van der Waals surface area (Å²) in [6, 6.07) is 9.60. The molecule has 1 fully saturated rings. The Hall–Kier alpha value is -1.39. The number of anilines is 1. The van der Waals surface area contributed by atoms with Crippen molar-refractivity contribution < 1.29 is 9.90 Å². The van der Waals surface area contributed by atoms with Crippen LogP contribution in [0.5, 0.6) is 0 Å². The van der Waals surface area contributed by atoms with Gasteiger partial charge < -0.3 is 10.4 Å². The number of hydrogen-bond acceptors (Lipinski definition) is 3. The van der Waals surface area contributed by atoms with Gasteiger partial charge in [0, 0.05) is 18.8 Å². The van der Waals surface area contributed by atoms with Gasteiger partial charge in [0.1, 0.15) is 0 Å². The van der Waals surface area contributed by atoms with Crippen LogP contribution in [0.3, 0.4) is 0 Å². The maximum atomic E-state index is 12.4. The van der Waals surface area contributed by atoms with Crippen molar-refractivity contribution in [2.75, 3.05) is 25.0 Å². The second kappa shape index (κ2) is 7.75. The maximum Gasteiger partial charge on any atom is 0.228 e. The summed E-state index contributed by atoms with van der Waals surface area (Å²) in [5, 5.41) is 13.5. The molecule has 22 heavy (non-hydrogen) atoms. The SMILES string of the molecule is CCC(O)(CC)CN1CCCC(C(=O)Nc2ccccc2)C1. The highest BCUT2D eigenvalue weighted by Gasteiger charge is 2.31. The van der Waals surface area contributed by atoms with E-state index >= 15 is 0 Å². The molecule has 1 aromatic carbocycles. The summed E-state index contributed by atoms with van der Waals surface area (Å²) < 4.78 is 0. The van der Waals surface area contributed by atoms with Crippen LogP contribution in [-0.4, -0.2) is 41.1 Å². The molecular weight excluding hydrogens is 276 g/mol. The Morgan fingerprint density at radius 1 is 1.32 bits per heavy atom. The van der Waals surface area contributed by atoms with Crippen molar-refractivity contribution in [1.29, 1.82) is 0 Å². The third kappa shape index (κ3) is 4.55. The van der Waals surface area contributed by atoms with Crippen molar-refractivity contribution in [3.8, 4) is 0 Å². The van der Waals surface area contributed by atoms with E-state index in [1.807, 2.05) is 44.2 Å². The number of nitrogens with one attached hydrogen (secondary N) is 1. The molecule has 1 saturated heterocycles. The van der Waals surface area contributed by atoms with Crippen LogP contribution in [0.4, 0.5) is 5.69 Å². The molecule has 1 aromatic rings. The number of nitrogens with zero attached hydrogens (tertiary/aromatic N) is 1. The molecule has 0 saturated carbocycles. The third-order valence-electron chi connectivity index (χ3n) is 4.75. The molecule has 0 aliphatic carbocycles. The molecule has 0 spiro atoms. The average Bonchev–Trinajstić information content (AvgIpc) is 2.56. The summed E-state index contributed by atoms with van der Waals surface area (Å²) in [5.74, 6) is 0.0966. The zero-order valence-electron chi connectivity index (χ0n) is 13.7. The van der Waals surface area contributed by atoms with Crippen molar-refractivity contribution in [2.45, 2.75) is 45.1 Å². The number of rotatable bonds is 6. The van der Waals surface area contributed by atoms with Crippen LogP contribution >= 0.6 is 0 Å². The second-order valence-electron chi connectivity index (χ2n) is 6.36. The minimum atomic E-state index is -0.627. The number of carbonyl (C=O) groups excluding carboxylic acids is 1. The first kappa shape index (κ1) is 17.0. The van der Waals surface area contributed by atoms with Crippen LogP contribution in [0, 0.1) is 5.92 Å². The van der Waals surface area contributed by atoms with E-state index in [9.17, 15) is 9.90 Å². The highest BCUT2D eigenvalue weighted by Crippen LogP contribution is 2.23. The van der Waals surface area contributed by atoms with Crippen LogP contribution in [0.2, 0.25) is 0 Å². The third-order valence-corrected chi connectivity index (χ3v) is 4.75. The van der Waals surface area contributed by atoms with Gasteiger partial charge in [-0.3, -0.25) is 9.69 Å². The molecular formula is C18H28N2O2. The number of β-amino-alcohol motifs (C(OH)–C–C–N with tert-alkyl or cyclic N) is 1. The van der Waals surface area contributed by atoms with E-state index in [1.54, 1.807) is 0 Å². The van der Waals surface area contributed by atoms with Crippen molar-refractivity contribution >= 4 is 11.6 Å². The van der Waals surface area contributed by atoms with Gasteiger partial charge >= 0.3 is 0 Å². The van der Waals surface area contributed by atoms with E-state index in [4.69, 9.17) is 0 Å². The molecule has 1 atom stereocenters. The van der Waals surface area contributed by atoms with E-state index in [1.165, 1.54) is 0 Å². The number of benzene rings is 1. The predicted octanol–water partition coefficient (Wildman–Crippen LogP) is 2.89. The predicted molar refractivity (Wildman–Crippen MR) is 89.8 cm³/mol. The fraction of sp³-hybridized carbons (Fsp3) is 0.611. The first-order chi connectivity index (χ1) is 10.6. The Kier molecular flexibility index (Phi) is 5.98. The lowest BCUT2D eigenvalue weighted by Crippen LogP contribution is -2.48. The van der Waals surface area contributed by atoms with Gasteiger partial charge in [0.2, 0.25) is 5.91 Å². The number of piperidine rings is 1.